The van der Waals surface area contributed by atoms with Gasteiger partial charge in [-0.05, 0) is 32.6 Å². The van der Waals surface area contributed by atoms with Gasteiger partial charge in [0.05, 0.1) is 0 Å². The van der Waals surface area contributed by atoms with Crippen molar-refractivity contribution in [3.8, 4) is 5.75 Å². The minimum Gasteiger partial charge on any atom is -0.508 e. The summed E-state index contributed by atoms with van der Waals surface area (Å²) in [5.74, 6) is 0.368. The van der Waals surface area contributed by atoms with Crippen molar-refractivity contribution in [3.63, 3.8) is 0 Å². The molecule has 2 N–H and O–H groups in total. The Bertz CT molecular complexity index is 178. The molecule has 62 valence electrons. The van der Waals surface area contributed by atoms with Crippen LogP contribution in [0.2, 0.25) is 0 Å². The summed E-state index contributed by atoms with van der Waals surface area (Å²) in [6.45, 7) is 1.87. The molecule has 0 unspecified atom stereocenters. The first-order valence-corrected chi connectivity index (χ1v) is 3.55. The molecule has 0 bridgehead atoms. The summed E-state index contributed by atoms with van der Waals surface area (Å²) in [7, 11) is 3.75. The zero-order valence-electron chi connectivity index (χ0n) is 7.26. The van der Waals surface area contributed by atoms with E-state index in [1.807, 2.05) is 39.2 Å². The average molecular weight is 153 g/mol. The van der Waals surface area contributed by atoms with Gasteiger partial charge in [0, 0.05) is 0 Å². The Morgan fingerprint density at radius 2 is 1.64 bits per heavy atom. The Hall–Kier alpha value is -1.02. The van der Waals surface area contributed by atoms with E-state index in [9.17, 15) is 0 Å². The topological polar surface area (TPSA) is 32.3 Å². The summed E-state index contributed by atoms with van der Waals surface area (Å²) in [6, 6.07) is 7.25. The van der Waals surface area contributed by atoms with Gasteiger partial charge in [0.15, 0.2) is 0 Å². The van der Waals surface area contributed by atoms with Crippen LogP contribution >= 0.6 is 0 Å². The molecule has 0 saturated heterocycles. The maximum absolute atomic E-state index is 8.92. The lowest BCUT2D eigenvalue weighted by atomic mass is 10.2. The number of phenolic OH excluding ortho intramolecular Hbond substituents is 1. The van der Waals surface area contributed by atoms with Crippen molar-refractivity contribution in [2.75, 3.05) is 14.1 Å². The number of phenols is 1. The lowest BCUT2D eigenvalue weighted by Gasteiger charge is -1.92. The Morgan fingerprint density at radius 1 is 1.18 bits per heavy atom. The molecule has 1 aromatic rings. The zero-order chi connectivity index (χ0) is 8.69. The lowest BCUT2D eigenvalue weighted by molar-refractivity contribution is 0.471. The van der Waals surface area contributed by atoms with Gasteiger partial charge >= 0.3 is 0 Å². The van der Waals surface area contributed by atoms with E-state index in [4.69, 9.17) is 5.11 Å². The molecule has 0 saturated carbocycles. The highest BCUT2D eigenvalue weighted by atomic mass is 16.3. The quantitative estimate of drug-likeness (QED) is 0.592. The van der Waals surface area contributed by atoms with E-state index < -0.39 is 0 Å². The van der Waals surface area contributed by atoms with Crippen LogP contribution in [0.1, 0.15) is 5.56 Å². The highest BCUT2D eigenvalue weighted by Gasteiger charge is 1.86. The lowest BCUT2D eigenvalue weighted by Crippen LogP contribution is -1.89. The summed E-state index contributed by atoms with van der Waals surface area (Å²) in [4.78, 5) is 0. The third kappa shape index (κ3) is 4.39. The number of nitrogens with one attached hydrogen (secondary N) is 1. The van der Waals surface area contributed by atoms with Gasteiger partial charge in [-0.1, -0.05) is 18.2 Å². The summed E-state index contributed by atoms with van der Waals surface area (Å²) >= 11 is 0. The average Bonchev–Trinajstić information content (AvgIpc) is 1.97. The third-order valence-electron chi connectivity index (χ3n) is 1.12. The van der Waals surface area contributed by atoms with Gasteiger partial charge in [-0.25, -0.2) is 0 Å². The van der Waals surface area contributed by atoms with Crippen molar-refractivity contribution in [2.45, 2.75) is 6.92 Å². The molecule has 0 spiro atoms. The maximum atomic E-state index is 8.92. The van der Waals surface area contributed by atoms with Crippen LogP contribution in [0, 0.1) is 6.92 Å². The second kappa shape index (κ2) is 5.74. The highest BCUT2D eigenvalue weighted by molar-refractivity contribution is 5.29. The summed E-state index contributed by atoms with van der Waals surface area (Å²) in [5.41, 5.74) is 0.924. The molecule has 11 heavy (non-hydrogen) atoms. The predicted octanol–water partition coefficient (Wildman–Crippen LogP) is 1.54. The van der Waals surface area contributed by atoms with Gasteiger partial charge in [-0.15, -0.1) is 0 Å². The monoisotopic (exact) mass is 153 g/mol. The third-order valence-corrected chi connectivity index (χ3v) is 1.12. The number of hydrogen-bond donors (Lipinski definition) is 2. The van der Waals surface area contributed by atoms with Crippen molar-refractivity contribution in [2.24, 2.45) is 0 Å². The second-order valence-electron chi connectivity index (χ2n) is 2.29. The first-order valence-electron chi connectivity index (χ1n) is 3.55. The SMILES string of the molecule is CNC.Cc1ccccc1O. The van der Waals surface area contributed by atoms with Crippen molar-refractivity contribution in [3.05, 3.63) is 29.8 Å². The Kier molecular flexibility index (Phi) is 5.21. The molecule has 0 atom stereocenters. The summed E-state index contributed by atoms with van der Waals surface area (Å²) < 4.78 is 0. The molecule has 0 radical (unpaired) electrons. The minimum absolute atomic E-state index is 0.368. The van der Waals surface area contributed by atoms with Crippen LogP contribution in [0.3, 0.4) is 0 Å². The van der Waals surface area contributed by atoms with E-state index in [-0.39, 0.29) is 0 Å². The van der Waals surface area contributed by atoms with E-state index >= 15 is 0 Å². The van der Waals surface area contributed by atoms with E-state index in [1.54, 1.807) is 6.07 Å². The van der Waals surface area contributed by atoms with Gasteiger partial charge < -0.3 is 10.4 Å². The minimum atomic E-state index is 0.368. The van der Waals surface area contributed by atoms with Crippen LogP contribution in [-0.4, -0.2) is 19.2 Å². The fourth-order valence-corrected chi connectivity index (χ4v) is 0.563. The van der Waals surface area contributed by atoms with Crippen molar-refractivity contribution in [1.82, 2.24) is 5.32 Å². The molecule has 1 aromatic carbocycles. The molecule has 2 nitrogen and oxygen atoms in total. The fourth-order valence-electron chi connectivity index (χ4n) is 0.563. The largest absolute Gasteiger partial charge is 0.508 e. The standard InChI is InChI=1S/C7H8O.C2H7N/c1-6-4-2-3-5-7(6)8;1-3-2/h2-5,8H,1H3;3H,1-2H3. The summed E-state index contributed by atoms with van der Waals surface area (Å²) in [5, 5.41) is 11.7. The Labute approximate surface area is 67.9 Å². The molecular weight excluding hydrogens is 138 g/mol. The van der Waals surface area contributed by atoms with Gasteiger partial charge in [0.25, 0.3) is 0 Å². The van der Waals surface area contributed by atoms with E-state index in [0.717, 1.165) is 5.56 Å². The van der Waals surface area contributed by atoms with E-state index in [1.165, 1.54) is 0 Å². The van der Waals surface area contributed by atoms with Crippen LogP contribution in [-0.2, 0) is 0 Å². The molecule has 2 heteroatoms. The fraction of sp³-hybridized carbons (Fsp3) is 0.333. The first kappa shape index (κ1) is 9.98. The van der Waals surface area contributed by atoms with Crippen LogP contribution in [0.5, 0.6) is 5.75 Å². The molecule has 0 fully saturated rings. The van der Waals surface area contributed by atoms with E-state index in [0.29, 0.717) is 5.75 Å². The van der Waals surface area contributed by atoms with Gasteiger partial charge in [0.1, 0.15) is 5.75 Å². The first-order chi connectivity index (χ1) is 5.22. The number of para-hydroxylation sites is 1. The van der Waals surface area contributed by atoms with Crippen LogP contribution < -0.4 is 5.32 Å². The smallest absolute Gasteiger partial charge is 0.118 e. The van der Waals surface area contributed by atoms with Gasteiger partial charge in [-0.3, -0.25) is 0 Å². The van der Waals surface area contributed by atoms with Crippen molar-refractivity contribution < 1.29 is 5.11 Å². The number of benzene rings is 1. The molecule has 0 heterocycles. The Morgan fingerprint density at radius 3 is 1.91 bits per heavy atom. The zero-order valence-corrected chi connectivity index (χ0v) is 7.26. The van der Waals surface area contributed by atoms with Gasteiger partial charge in [-0.2, -0.15) is 0 Å². The van der Waals surface area contributed by atoms with Crippen LogP contribution in [0.25, 0.3) is 0 Å². The molecular formula is C9H15NO. The molecule has 0 aromatic heterocycles. The summed E-state index contributed by atoms with van der Waals surface area (Å²) in [6.07, 6.45) is 0. The second-order valence-corrected chi connectivity index (χ2v) is 2.29. The molecule has 0 aliphatic rings. The highest BCUT2D eigenvalue weighted by Crippen LogP contribution is 2.12. The normalized spacial score (nSPS) is 8.27. The molecule has 0 aliphatic heterocycles. The van der Waals surface area contributed by atoms with Crippen LogP contribution in [0.4, 0.5) is 0 Å². The number of aryl methyl sites for hydroxylation is 1. The molecule has 1 rings (SSSR count). The number of rotatable bonds is 0. The number of hydrogen-bond acceptors (Lipinski definition) is 2. The molecule has 0 amide bonds. The van der Waals surface area contributed by atoms with Crippen molar-refractivity contribution in [1.29, 1.82) is 0 Å². The van der Waals surface area contributed by atoms with E-state index in [2.05, 4.69) is 5.32 Å². The van der Waals surface area contributed by atoms with Crippen LogP contribution in [0.15, 0.2) is 24.3 Å². The predicted molar refractivity (Wildman–Crippen MR) is 47.8 cm³/mol. The maximum Gasteiger partial charge on any atom is 0.118 e. The number of aromatic hydroxyl groups is 1. The van der Waals surface area contributed by atoms with Gasteiger partial charge in [0.2, 0.25) is 0 Å². The van der Waals surface area contributed by atoms with Crippen molar-refractivity contribution >= 4 is 0 Å². The molecule has 0 aliphatic carbocycles. The Balaban J connectivity index is 0.000000292.